The highest BCUT2D eigenvalue weighted by Crippen LogP contribution is 2.19. The monoisotopic (exact) mass is 513 g/mol. The van der Waals surface area contributed by atoms with Crippen LogP contribution in [0.4, 0.5) is 0 Å². The van der Waals surface area contributed by atoms with E-state index in [2.05, 4.69) is 64.7 Å². The van der Waals surface area contributed by atoms with E-state index in [1.165, 1.54) is 29.8 Å². The SMILES string of the molecule is CCNC(=NCc1ncc(CC)s1)NCC1CCCN1Cc1ccccc1.I. The summed E-state index contributed by atoms with van der Waals surface area (Å²) in [5.74, 6) is 0.886. The van der Waals surface area contributed by atoms with Crippen LogP contribution in [-0.2, 0) is 19.5 Å². The number of aryl methyl sites for hydroxylation is 1. The second-order valence-electron chi connectivity index (χ2n) is 6.90. The number of hydrogen-bond donors (Lipinski definition) is 2. The van der Waals surface area contributed by atoms with E-state index in [4.69, 9.17) is 4.99 Å². The van der Waals surface area contributed by atoms with E-state index in [1.54, 1.807) is 11.3 Å². The number of guanidine groups is 1. The fourth-order valence-corrected chi connectivity index (χ4v) is 4.23. The smallest absolute Gasteiger partial charge is 0.191 e. The maximum absolute atomic E-state index is 4.73. The molecule has 1 aliphatic heterocycles. The minimum atomic E-state index is 0. The number of benzene rings is 1. The van der Waals surface area contributed by atoms with Gasteiger partial charge < -0.3 is 10.6 Å². The molecule has 154 valence electrons. The van der Waals surface area contributed by atoms with Crippen LogP contribution in [0.25, 0.3) is 0 Å². The molecule has 5 nitrogen and oxygen atoms in total. The number of rotatable bonds is 8. The summed E-state index contributed by atoms with van der Waals surface area (Å²) in [6.07, 6.45) is 5.52. The molecular formula is C21H32IN5S. The molecule has 1 fully saturated rings. The third-order valence-corrected chi connectivity index (χ3v) is 6.03. The van der Waals surface area contributed by atoms with Crippen LogP contribution in [0.2, 0.25) is 0 Å². The van der Waals surface area contributed by atoms with Crippen LogP contribution >= 0.6 is 35.3 Å². The lowest BCUT2D eigenvalue weighted by Crippen LogP contribution is -2.44. The molecule has 0 bridgehead atoms. The molecule has 0 radical (unpaired) electrons. The van der Waals surface area contributed by atoms with Gasteiger partial charge in [-0.05, 0) is 38.3 Å². The van der Waals surface area contributed by atoms with E-state index < -0.39 is 0 Å². The first-order chi connectivity index (χ1) is 13.3. The van der Waals surface area contributed by atoms with Gasteiger partial charge in [0.1, 0.15) is 5.01 Å². The van der Waals surface area contributed by atoms with Crippen LogP contribution in [0.5, 0.6) is 0 Å². The maximum Gasteiger partial charge on any atom is 0.191 e. The largest absolute Gasteiger partial charge is 0.357 e. The van der Waals surface area contributed by atoms with Crippen molar-refractivity contribution in [2.45, 2.75) is 52.2 Å². The molecule has 1 atom stereocenters. The first-order valence-electron chi connectivity index (χ1n) is 10.0. The summed E-state index contributed by atoms with van der Waals surface area (Å²) >= 11 is 1.76. The number of hydrogen-bond acceptors (Lipinski definition) is 4. The standard InChI is InChI=1S/C21H31N5S.HI/c1-3-19-14-23-20(27-19)15-25-21(22-4-2)24-13-18-11-8-12-26(18)16-17-9-6-5-7-10-17;/h5-7,9-10,14,18H,3-4,8,11-13,15-16H2,1-2H3,(H2,22,24,25);1H. The Morgan fingerprint density at radius 3 is 2.79 bits per heavy atom. The summed E-state index contributed by atoms with van der Waals surface area (Å²) in [4.78, 5) is 13.1. The van der Waals surface area contributed by atoms with Crippen molar-refractivity contribution in [1.82, 2.24) is 20.5 Å². The predicted molar refractivity (Wildman–Crippen MR) is 130 cm³/mol. The molecule has 2 N–H and O–H groups in total. The van der Waals surface area contributed by atoms with E-state index >= 15 is 0 Å². The molecule has 1 aromatic heterocycles. The average molecular weight is 513 g/mol. The molecule has 2 aromatic rings. The zero-order valence-electron chi connectivity index (χ0n) is 16.9. The molecule has 1 aliphatic rings. The quantitative estimate of drug-likeness (QED) is 0.318. The van der Waals surface area contributed by atoms with Crippen molar-refractivity contribution in [1.29, 1.82) is 0 Å². The second-order valence-corrected chi connectivity index (χ2v) is 8.10. The summed E-state index contributed by atoms with van der Waals surface area (Å²) in [6.45, 7) is 8.90. The van der Waals surface area contributed by atoms with Gasteiger partial charge in [-0.2, -0.15) is 0 Å². The first-order valence-corrected chi connectivity index (χ1v) is 10.8. The number of aliphatic imine (C=N–C) groups is 1. The minimum Gasteiger partial charge on any atom is -0.357 e. The number of nitrogens with one attached hydrogen (secondary N) is 2. The molecule has 1 unspecified atom stereocenters. The normalized spacial score (nSPS) is 17.4. The van der Waals surface area contributed by atoms with Gasteiger partial charge in [0.15, 0.2) is 5.96 Å². The van der Waals surface area contributed by atoms with Gasteiger partial charge in [-0.3, -0.25) is 4.90 Å². The number of aromatic nitrogens is 1. The Bertz CT molecular complexity index is 719. The average Bonchev–Trinajstić information content (AvgIpc) is 3.34. The molecule has 1 saturated heterocycles. The lowest BCUT2D eigenvalue weighted by Gasteiger charge is -2.25. The molecule has 0 amide bonds. The zero-order valence-corrected chi connectivity index (χ0v) is 20.0. The Labute approximate surface area is 190 Å². The summed E-state index contributed by atoms with van der Waals surface area (Å²) in [5, 5.41) is 7.98. The van der Waals surface area contributed by atoms with Gasteiger partial charge in [0.05, 0.1) is 6.54 Å². The number of thiazole rings is 1. The van der Waals surface area contributed by atoms with Gasteiger partial charge in [-0.25, -0.2) is 9.98 Å². The van der Waals surface area contributed by atoms with Crippen molar-refractivity contribution >= 4 is 41.3 Å². The Balaban J connectivity index is 0.00000280. The van der Waals surface area contributed by atoms with Crippen LogP contribution in [0, 0.1) is 0 Å². The lowest BCUT2D eigenvalue weighted by molar-refractivity contribution is 0.245. The molecule has 0 spiro atoms. The Kier molecular flexibility index (Phi) is 10.2. The fraction of sp³-hybridized carbons (Fsp3) is 0.524. The number of likely N-dealkylation sites (tertiary alicyclic amines) is 1. The maximum atomic E-state index is 4.73. The fourth-order valence-electron chi connectivity index (χ4n) is 3.44. The lowest BCUT2D eigenvalue weighted by atomic mass is 10.2. The highest BCUT2D eigenvalue weighted by atomic mass is 127. The van der Waals surface area contributed by atoms with Crippen LogP contribution in [0.3, 0.4) is 0 Å². The van der Waals surface area contributed by atoms with Crippen LogP contribution in [-0.4, -0.2) is 41.5 Å². The summed E-state index contributed by atoms with van der Waals surface area (Å²) < 4.78 is 0. The van der Waals surface area contributed by atoms with Crippen LogP contribution < -0.4 is 10.6 Å². The van der Waals surface area contributed by atoms with Gasteiger partial charge in [0.2, 0.25) is 0 Å². The Morgan fingerprint density at radius 1 is 1.25 bits per heavy atom. The van der Waals surface area contributed by atoms with Crippen molar-refractivity contribution in [2.24, 2.45) is 4.99 Å². The number of halogens is 1. The molecule has 0 aliphatic carbocycles. The molecule has 2 heterocycles. The van der Waals surface area contributed by atoms with Gasteiger partial charge in [0, 0.05) is 36.8 Å². The van der Waals surface area contributed by atoms with Gasteiger partial charge in [0.25, 0.3) is 0 Å². The minimum absolute atomic E-state index is 0. The highest BCUT2D eigenvalue weighted by molar-refractivity contribution is 14.0. The van der Waals surface area contributed by atoms with Crippen molar-refractivity contribution < 1.29 is 0 Å². The third-order valence-electron chi connectivity index (χ3n) is 4.90. The second kappa shape index (κ2) is 12.4. The number of nitrogens with zero attached hydrogens (tertiary/aromatic N) is 3. The molecule has 7 heteroatoms. The Morgan fingerprint density at radius 2 is 2.07 bits per heavy atom. The summed E-state index contributed by atoms with van der Waals surface area (Å²) in [7, 11) is 0. The van der Waals surface area contributed by atoms with Crippen LogP contribution in [0.1, 0.15) is 42.1 Å². The molecular weight excluding hydrogens is 481 g/mol. The Hall–Kier alpha value is -1.19. The van der Waals surface area contributed by atoms with Crippen LogP contribution in [0.15, 0.2) is 41.5 Å². The molecule has 28 heavy (non-hydrogen) atoms. The van der Waals surface area contributed by atoms with Gasteiger partial charge in [-0.1, -0.05) is 37.3 Å². The van der Waals surface area contributed by atoms with E-state index in [0.29, 0.717) is 12.6 Å². The third kappa shape index (κ3) is 7.00. The van der Waals surface area contributed by atoms with E-state index in [-0.39, 0.29) is 24.0 Å². The molecule has 3 rings (SSSR count). The molecule has 0 saturated carbocycles. The summed E-state index contributed by atoms with van der Waals surface area (Å²) in [5.41, 5.74) is 1.39. The topological polar surface area (TPSA) is 52.6 Å². The van der Waals surface area contributed by atoms with E-state index in [9.17, 15) is 0 Å². The first kappa shape index (κ1) is 23.1. The van der Waals surface area contributed by atoms with Gasteiger partial charge >= 0.3 is 0 Å². The van der Waals surface area contributed by atoms with Crippen molar-refractivity contribution in [3.63, 3.8) is 0 Å². The molecule has 1 aromatic carbocycles. The van der Waals surface area contributed by atoms with Crippen molar-refractivity contribution in [3.05, 3.63) is 52.0 Å². The van der Waals surface area contributed by atoms with Crippen molar-refractivity contribution in [2.75, 3.05) is 19.6 Å². The summed E-state index contributed by atoms with van der Waals surface area (Å²) in [6, 6.07) is 11.3. The zero-order chi connectivity index (χ0) is 18.9. The highest BCUT2D eigenvalue weighted by Gasteiger charge is 2.24. The van der Waals surface area contributed by atoms with E-state index in [0.717, 1.165) is 37.0 Å². The van der Waals surface area contributed by atoms with E-state index in [1.807, 2.05) is 6.20 Å². The van der Waals surface area contributed by atoms with Gasteiger partial charge in [-0.15, -0.1) is 35.3 Å². The van der Waals surface area contributed by atoms with Crippen molar-refractivity contribution in [3.8, 4) is 0 Å². The predicted octanol–water partition coefficient (Wildman–Crippen LogP) is 4.04.